The Kier molecular flexibility index (Phi) is 8.71. The van der Waals surface area contributed by atoms with Gasteiger partial charge in [-0.15, -0.1) is 11.3 Å². The molecular formula is C34H35ClN6OS2. The molecule has 2 aliphatic rings. The number of hydrogen-bond donors (Lipinski definition) is 1. The van der Waals surface area contributed by atoms with Gasteiger partial charge in [-0.3, -0.25) is 9.36 Å². The van der Waals surface area contributed by atoms with Crippen molar-refractivity contribution in [2.45, 2.75) is 49.8 Å². The number of thiazole rings is 1. The van der Waals surface area contributed by atoms with Crippen LogP contribution in [0.1, 0.15) is 59.4 Å². The normalized spacial score (nSPS) is 18.1. The molecule has 0 radical (unpaired) electrons. The number of aromatic nitrogens is 4. The van der Waals surface area contributed by atoms with Crippen LogP contribution in [0.4, 0.5) is 11.6 Å². The molecule has 7 nitrogen and oxygen atoms in total. The van der Waals surface area contributed by atoms with Gasteiger partial charge in [-0.25, -0.2) is 9.97 Å². The van der Waals surface area contributed by atoms with E-state index in [-0.39, 0.29) is 5.56 Å². The minimum Gasteiger partial charge on any atom is -0.324 e. The Labute approximate surface area is 270 Å². The van der Waals surface area contributed by atoms with Crippen LogP contribution in [0.25, 0.3) is 22.2 Å². The van der Waals surface area contributed by atoms with Gasteiger partial charge in [0.05, 0.1) is 6.54 Å². The molecule has 0 amide bonds. The van der Waals surface area contributed by atoms with Gasteiger partial charge >= 0.3 is 0 Å². The van der Waals surface area contributed by atoms with Crippen LogP contribution >= 0.6 is 34.7 Å². The lowest BCUT2D eigenvalue weighted by molar-refractivity contribution is 0.255. The highest BCUT2D eigenvalue weighted by atomic mass is 35.5. The quantitative estimate of drug-likeness (QED) is 0.192. The second kappa shape index (κ2) is 13.0. The molecule has 1 unspecified atom stereocenters. The minimum absolute atomic E-state index is 0.152. The zero-order valence-corrected chi connectivity index (χ0v) is 27.1. The number of rotatable bonds is 7. The number of anilines is 2. The number of benzene rings is 2. The molecule has 0 aliphatic carbocycles. The van der Waals surface area contributed by atoms with E-state index in [0.717, 1.165) is 47.6 Å². The first-order chi connectivity index (χ1) is 21.5. The molecule has 10 heteroatoms. The molecule has 44 heavy (non-hydrogen) atoms. The first kappa shape index (κ1) is 29.5. The molecule has 5 heterocycles. The Morgan fingerprint density at radius 2 is 1.80 bits per heavy atom. The molecule has 2 fully saturated rings. The van der Waals surface area contributed by atoms with Crippen LogP contribution in [0.15, 0.2) is 71.1 Å². The van der Waals surface area contributed by atoms with E-state index < -0.39 is 0 Å². The molecule has 7 rings (SSSR count). The van der Waals surface area contributed by atoms with Crippen LogP contribution in [-0.2, 0) is 6.54 Å². The van der Waals surface area contributed by atoms with E-state index in [1.165, 1.54) is 47.5 Å². The van der Waals surface area contributed by atoms with Crippen LogP contribution in [-0.4, -0.2) is 50.3 Å². The van der Waals surface area contributed by atoms with E-state index >= 15 is 0 Å². The topological polar surface area (TPSA) is 75.9 Å². The number of hydrogen-bond acceptors (Lipinski definition) is 8. The number of fused-ring (bicyclic) bond motifs is 1. The molecule has 0 saturated carbocycles. The predicted molar refractivity (Wildman–Crippen MR) is 184 cm³/mol. The SMILES string of the molecule is CN1CCC(c2ccc(-c3cc4cnc(Nc5ccc(C6CCCCS6)cc5)nc4n(Cc4nccs4)c3=O)c(Cl)c2)CC1. The van der Waals surface area contributed by atoms with Crippen molar-refractivity contribution < 1.29 is 0 Å². The van der Waals surface area contributed by atoms with E-state index in [1.807, 2.05) is 35.3 Å². The van der Waals surface area contributed by atoms with Gasteiger partial charge in [0.2, 0.25) is 5.95 Å². The predicted octanol–water partition coefficient (Wildman–Crippen LogP) is 8.13. The van der Waals surface area contributed by atoms with Crippen molar-refractivity contribution in [2.75, 3.05) is 31.2 Å². The van der Waals surface area contributed by atoms with Crippen molar-refractivity contribution >= 4 is 57.4 Å². The van der Waals surface area contributed by atoms with Gasteiger partial charge in [0.1, 0.15) is 10.7 Å². The Morgan fingerprint density at radius 3 is 2.52 bits per heavy atom. The smallest absolute Gasteiger partial charge is 0.260 e. The molecule has 0 bridgehead atoms. The summed E-state index contributed by atoms with van der Waals surface area (Å²) in [6, 6.07) is 16.6. The van der Waals surface area contributed by atoms with Crippen molar-refractivity contribution in [1.29, 1.82) is 0 Å². The monoisotopic (exact) mass is 642 g/mol. The summed E-state index contributed by atoms with van der Waals surface area (Å²) in [5, 5.41) is 8.03. The van der Waals surface area contributed by atoms with Gasteiger partial charge < -0.3 is 10.2 Å². The van der Waals surface area contributed by atoms with Gasteiger partial charge in [0.15, 0.2) is 0 Å². The molecule has 1 N–H and O–H groups in total. The van der Waals surface area contributed by atoms with Crippen molar-refractivity contribution in [2.24, 2.45) is 0 Å². The standard InChI is InChI=1S/C34H35ClN6OS2/c1-40-14-11-22(12-15-40)24-7-10-27(29(35)19-24)28-18-25-20-37-34(39-32(25)41(33(28)42)21-31-36-13-17-44-31)38-26-8-5-23(6-9-26)30-4-2-3-16-43-30/h5-10,13,17-20,22,30H,2-4,11-12,14-16,21H2,1H3,(H,37,38,39). The summed E-state index contributed by atoms with van der Waals surface area (Å²) in [6.07, 6.45) is 9.60. The molecule has 226 valence electrons. The van der Waals surface area contributed by atoms with E-state index in [0.29, 0.717) is 39.9 Å². The second-order valence-corrected chi connectivity index (χ2v) is 14.5. The van der Waals surface area contributed by atoms with E-state index in [4.69, 9.17) is 16.6 Å². The Balaban J connectivity index is 1.22. The third-order valence-electron chi connectivity index (χ3n) is 8.80. The van der Waals surface area contributed by atoms with Gasteiger partial charge in [0, 0.05) is 50.2 Å². The summed E-state index contributed by atoms with van der Waals surface area (Å²) in [4.78, 5) is 30.4. The molecule has 1 atom stereocenters. The molecule has 2 aliphatic heterocycles. The van der Waals surface area contributed by atoms with E-state index in [9.17, 15) is 4.79 Å². The Bertz CT molecular complexity index is 1810. The highest BCUT2D eigenvalue weighted by Gasteiger charge is 2.21. The van der Waals surface area contributed by atoms with Gasteiger partial charge in [0.25, 0.3) is 5.56 Å². The highest BCUT2D eigenvalue weighted by molar-refractivity contribution is 7.99. The van der Waals surface area contributed by atoms with E-state index in [1.54, 1.807) is 17.0 Å². The van der Waals surface area contributed by atoms with Crippen LogP contribution in [0.5, 0.6) is 0 Å². The zero-order valence-electron chi connectivity index (χ0n) is 24.7. The molecule has 2 aromatic carbocycles. The van der Waals surface area contributed by atoms with Crippen molar-refractivity contribution in [3.05, 3.63) is 97.8 Å². The average molecular weight is 643 g/mol. The Morgan fingerprint density at radius 1 is 0.977 bits per heavy atom. The van der Waals surface area contributed by atoms with Gasteiger partial charge in [-0.05, 0) is 92.9 Å². The van der Waals surface area contributed by atoms with Gasteiger partial charge in [-0.2, -0.15) is 16.7 Å². The summed E-state index contributed by atoms with van der Waals surface area (Å²) in [7, 11) is 2.17. The minimum atomic E-state index is -0.152. The maximum atomic E-state index is 14.1. The van der Waals surface area contributed by atoms with Gasteiger partial charge in [-0.1, -0.05) is 42.3 Å². The maximum absolute atomic E-state index is 14.1. The lowest BCUT2D eigenvalue weighted by Gasteiger charge is -2.29. The first-order valence-electron chi connectivity index (χ1n) is 15.3. The number of piperidine rings is 1. The highest BCUT2D eigenvalue weighted by Crippen LogP contribution is 2.39. The van der Waals surface area contributed by atoms with Crippen LogP contribution < -0.4 is 10.9 Å². The fourth-order valence-corrected chi connectivity index (χ4v) is 8.52. The Hall–Kier alpha value is -3.24. The molecule has 5 aromatic rings. The number of pyridine rings is 1. The zero-order chi connectivity index (χ0) is 30.0. The van der Waals surface area contributed by atoms with Crippen LogP contribution in [0.3, 0.4) is 0 Å². The number of thioether (sulfide) groups is 1. The third-order valence-corrected chi connectivity index (χ3v) is 11.3. The van der Waals surface area contributed by atoms with Crippen molar-refractivity contribution in [1.82, 2.24) is 24.4 Å². The number of nitrogens with one attached hydrogen (secondary N) is 1. The van der Waals surface area contributed by atoms with Crippen LogP contribution in [0.2, 0.25) is 5.02 Å². The largest absolute Gasteiger partial charge is 0.324 e. The lowest BCUT2D eigenvalue weighted by atomic mass is 9.88. The number of likely N-dealkylation sites (tertiary alicyclic amines) is 1. The molecule has 3 aromatic heterocycles. The summed E-state index contributed by atoms with van der Waals surface area (Å²) >= 11 is 10.5. The lowest BCUT2D eigenvalue weighted by Crippen LogP contribution is -2.29. The number of halogens is 1. The molecule has 2 saturated heterocycles. The average Bonchev–Trinajstić information content (AvgIpc) is 3.57. The summed E-state index contributed by atoms with van der Waals surface area (Å²) in [5.74, 6) is 2.16. The fraction of sp³-hybridized carbons (Fsp3) is 0.353. The summed E-state index contributed by atoms with van der Waals surface area (Å²) in [6.45, 7) is 2.48. The maximum Gasteiger partial charge on any atom is 0.260 e. The van der Waals surface area contributed by atoms with Crippen LogP contribution in [0, 0.1) is 0 Å². The van der Waals surface area contributed by atoms with Crippen molar-refractivity contribution in [3.8, 4) is 11.1 Å². The van der Waals surface area contributed by atoms with Crippen molar-refractivity contribution in [3.63, 3.8) is 0 Å². The molecule has 0 spiro atoms. The number of nitrogens with zero attached hydrogens (tertiary/aromatic N) is 5. The fourth-order valence-electron chi connectivity index (χ4n) is 6.28. The third kappa shape index (κ3) is 6.29. The second-order valence-electron chi connectivity index (χ2n) is 11.8. The first-order valence-corrected chi connectivity index (χ1v) is 17.6. The molecular weight excluding hydrogens is 608 g/mol. The summed E-state index contributed by atoms with van der Waals surface area (Å²) < 4.78 is 1.70. The summed E-state index contributed by atoms with van der Waals surface area (Å²) in [5.41, 5.74) is 5.18. The van der Waals surface area contributed by atoms with E-state index in [2.05, 4.69) is 57.6 Å².